The first-order valence-electron chi connectivity index (χ1n) is 5.57. The van der Waals surface area contributed by atoms with Gasteiger partial charge < -0.3 is 15.5 Å². The number of rotatable bonds is 1. The Morgan fingerprint density at radius 1 is 1.19 bits per heavy atom. The maximum atomic E-state index is 13.8. The molecule has 1 heterocycles. The van der Waals surface area contributed by atoms with Gasteiger partial charge in [-0.3, -0.25) is 0 Å². The second kappa shape index (κ2) is 4.29. The minimum atomic E-state index is -0.215. The topological polar surface area (TPSA) is 32.5 Å². The minimum absolute atomic E-state index is 0.215. The third kappa shape index (κ3) is 2.11. The summed E-state index contributed by atoms with van der Waals surface area (Å²) in [6.45, 7) is 5.60. The molecule has 88 valence electrons. The maximum Gasteiger partial charge on any atom is 0.148 e. The minimum Gasteiger partial charge on any atom is -0.398 e. The van der Waals surface area contributed by atoms with Crippen LogP contribution in [-0.2, 0) is 0 Å². The molecule has 0 unspecified atom stereocenters. The van der Waals surface area contributed by atoms with Gasteiger partial charge in [0.25, 0.3) is 0 Å². The molecule has 1 aromatic carbocycles. The molecule has 2 rings (SSSR count). The number of hydrogen-bond donors (Lipinski definition) is 1. The summed E-state index contributed by atoms with van der Waals surface area (Å²) in [6.07, 6.45) is 0. The Kier molecular flexibility index (Phi) is 3.01. The lowest BCUT2D eigenvalue weighted by molar-refractivity contribution is 0.311. The average molecular weight is 223 g/mol. The normalized spacial score (nSPS) is 17.8. The number of hydrogen-bond acceptors (Lipinski definition) is 3. The lowest BCUT2D eigenvalue weighted by atomic mass is 10.1. The predicted molar refractivity (Wildman–Crippen MR) is 65.3 cm³/mol. The Morgan fingerprint density at radius 3 is 2.44 bits per heavy atom. The van der Waals surface area contributed by atoms with Crippen LogP contribution in [0.4, 0.5) is 15.8 Å². The predicted octanol–water partition coefficient (Wildman–Crippen LogP) is 1.47. The average Bonchev–Trinajstić information content (AvgIpc) is 2.25. The quantitative estimate of drug-likeness (QED) is 0.732. The first-order chi connectivity index (χ1) is 7.58. The van der Waals surface area contributed by atoms with Crippen LogP contribution in [0.3, 0.4) is 0 Å². The number of likely N-dealkylation sites (N-methyl/N-ethyl adjacent to an activating group) is 1. The lowest BCUT2D eigenvalue weighted by Gasteiger charge is -2.34. The van der Waals surface area contributed by atoms with Gasteiger partial charge in [-0.2, -0.15) is 0 Å². The standard InChI is InChI=1S/C12H18FN3/c1-9-7-12(10(13)8-11(9)14)16-5-3-15(2)4-6-16/h7-8H,3-6,14H2,1-2H3. The summed E-state index contributed by atoms with van der Waals surface area (Å²) < 4.78 is 13.8. The second-order valence-electron chi connectivity index (χ2n) is 4.45. The van der Waals surface area contributed by atoms with Crippen molar-refractivity contribution in [2.75, 3.05) is 43.9 Å². The summed E-state index contributed by atoms with van der Waals surface area (Å²) in [7, 11) is 2.09. The molecule has 1 aromatic rings. The number of benzene rings is 1. The van der Waals surface area contributed by atoms with E-state index >= 15 is 0 Å². The molecule has 3 nitrogen and oxygen atoms in total. The van der Waals surface area contributed by atoms with Crippen molar-refractivity contribution >= 4 is 11.4 Å². The van der Waals surface area contributed by atoms with Crippen LogP contribution >= 0.6 is 0 Å². The fraction of sp³-hybridized carbons (Fsp3) is 0.500. The number of halogens is 1. The van der Waals surface area contributed by atoms with Gasteiger partial charge in [0.05, 0.1) is 5.69 Å². The monoisotopic (exact) mass is 223 g/mol. The highest BCUT2D eigenvalue weighted by Gasteiger charge is 2.17. The van der Waals surface area contributed by atoms with Crippen LogP contribution in [0.1, 0.15) is 5.56 Å². The number of piperazine rings is 1. The molecule has 2 N–H and O–H groups in total. The molecule has 0 radical (unpaired) electrons. The smallest absolute Gasteiger partial charge is 0.148 e. The number of aryl methyl sites for hydroxylation is 1. The van der Waals surface area contributed by atoms with Crippen molar-refractivity contribution in [1.29, 1.82) is 0 Å². The van der Waals surface area contributed by atoms with Gasteiger partial charge in [-0.05, 0) is 31.7 Å². The Hall–Kier alpha value is -1.29. The van der Waals surface area contributed by atoms with Crippen molar-refractivity contribution in [3.8, 4) is 0 Å². The van der Waals surface area contributed by atoms with Crippen LogP contribution in [-0.4, -0.2) is 38.1 Å². The molecule has 4 heteroatoms. The fourth-order valence-corrected chi connectivity index (χ4v) is 1.97. The summed E-state index contributed by atoms with van der Waals surface area (Å²) in [5.41, 5.74) is 7.82. The molecule has 0 saturated carbocycles. The van der Waals surface area contributed by atoms with Gasteiger partial charge >= 0.3 is 0 Å². The zero-order valence-corrected chi connectivity index (χ0v) is 9.83. The molecule has 1 aliphatic rings. The van der Waals surface area contributed by atoms with Gasteiger partial charge in [0.1, 0.15) is 5.82 Å². The summed E-state index contributed by atoms with van der Waals surface area (Å²) in [6, 6.07) is 3.26. The van der Waals surface area contributed by atoms with E-state index in [0.29, 0.717) is 11.4 Å². The largest absolute Gasteiger partial charge is 0.398 e. The maximum absolute atomic E-state index is 13.8. The van der Waals surface area contributed by atoms with E-state index in [4.69, 9.17) is 5.73 Å². The molecule has 16 heavy (non-hydrogen) atoms. The first-order valence-corrected chi connectivity index (χ1v) is 5.57. The molecule has 0 amide bonds. The van der Waals surface area contributed by atoms with E-state index in [0.717, 1.165) is 31.7 Å². The Morgan fingerprint density at radius 2 is 1.81 bits per heavy atom. The molecule has 1 aliphatic heterocycles. The van der Waals surface area contributed by atoms with Crippen molar-refractivity contribution in [1.82, 2.24) is 4.90 Å². The van der Waals surface area contributed by atoms with Crippen molar-refractivity contribution in [3.63, 3.8) is 0 Å². The van der Waals surface area contributed by atoms with Crippen LogP contribution in [0.25, 0.3) is 0 Å². The van der Waals surface area contributed by atoms with E-state index in [9.17, 15) is 4.39 Å². The van der Waals surface area contributed by atoms with E-state index in [2.05, 4.69) is 16.8 Å². The number of nitrogen functional groups attached to an aromatic ring is 1. The number of anilines is 2. The van der Waals surface area contributed by atoms with E-state index in [-0.39, 0.29) is 5.82 Å². The molecule has 0 aromatic heterocycles. The van der Waals surface area contributed by atoms with Gasteiger partial charge in [-0.1, -0.05) is 0 Å². The van der Waals surface area contributed by atoms with Crippen molar-refractivity contribution in [2.45, 2.75) is 6.92 Å². The summed E-state index contributed by atoms with van der Waals surface area (Å²) in [5.74, 6) is -0.215. The molecular weight excluding hydrogens is 205 g/mol. The second-order valence-corrected chi connectivity index (χ2v) is 4.45. The van der Waals surface area contributed by atoms with Crippen molar-refractivity contribution < 1.29 is 4.39 Å². The van der Waals surface area contributed by atoms with Gasteiger partial charge in [-0.25, -0.2) is 4.39 Å². The number of nitrogens with zero attached hydrogens (tertiary/aromatic N) is 2. The Bertz CT molecular complexity index is 384. The lowest BCUT2D eigenvalue weighted by Crippen LogP contribution is -2.44. The third-order valence-electron chi connectivity index (χ3n) is 3.18. The first kappa shape index (κ1) is 11.2. The SMILES string of the molecule is Cc1cc(N2CCN(C)CC2)c(F)cc1N. The molecule has 1 fully saturated rings. The summed E-state index contributed by atoms with van der Waals surface area (Å²) in [4.78, 5) is 4.33. The highest BCUT2D eigenvalue weighted by atomic mass is 19.1. The van der Waals surface area contributed by atoms with Crippen molar-refractivity contribution in [3.05, 3.63) is 23.5 Å². The van der Waals surface area contributed by atoms with Crippen LogP contribution in [0.15, 0.2) is 12.1 Å². The Labute approximate surface area is 95.6 Å². The van der Waals surface area contributed by atoms with E-state index in [1.54, 1.807) is 0 Å². The summed E-state index contributed by atoms with van der Waals surface area (Å²) >= 11 is 0. The van der Waals surface area contributed by atoms with Crippen LogP contribution < -0.4 is 10.6 Å². The van der Waals surface area contributed by atoms with E-state index < -0.39 is 0 Å². The molecule has 0 spiro atoms. The van der Waals surface area contributed by atoms with Gasteiger partial charge in [0.15, 0.2) is 0 Å². The highest BCUT2D eigenvalue weighted by molar-refractivity contribution is 5.59. The van der Waals surface area contributed by atoms with Crippen LogP contribution in [0, 0.1) is 12.7 Å². The van der Waals surface area contributed by atoms with E-state index in [1.165, 1.54) is 6.07 Å². The van der Waals surface area contributed by atoms with Crippen molar-refractivity contribution in [2.24, 2.45) is 0 Å². The number of nitrogens with two attached hydrogens (primary N) is 1. The third-order valence-corrected chi connectivity index (χ3v) is 3.18. The highest BCUT2D eigenvalue weighted by Crippen LogP contribution is 2.25. The van der Waals surface area contributed by atoms with Gasteiger partial charge in [0.2, 0.25) is 0 Å². The Balaban J connectivity index is 2.23. The molecule has 0 bridgehead atoms. The summed E-state index contributed by atoms with van der Waals surface area (Å²) in [5, 5.41) is 0. The van der Waals surface area contributed by atoms with Gasteiger partial charge in [0, 0.05) is 31.9 Å². The van der Waals surface area contributed by atoms with Crippen LogP contribution in [0.5, 0.6) is 0 Å². The van der Waals surface area contributed by atoms with E-state index in [1.807, 2.05) is 13.0 Å². The van der Waals surface area contributed by atoms with Crippen LogP contribution in [0.2, 0.25) is 0 Å². The fourth-order valence-electron chi connectivity index (χ4n) is 1.97. The zero-order chi connectivity index (χ0) is 11.7. The zero-order valence-electron chi connectivity index (χ0n) is 9.83. The molecule has 1 saturated heterocycles. The molecular formula is C12H18FN3. The molecule has 0 aliphatic carbocycles. The van der Waals surface area contributed by atoms with Gasteiger partial charge in [-0.15, -0.1) is 0 Å². The molecule has 0 atom stereocenters.